The summed E-state index contributed by atoms with van der Waals surface area (Å²) in [4.78, 5) is 11.1. The van der Waals surface area contributed by atoms with E-state index in [1.165, 1.54) is 5.56 Å². The van der Waals surface area contributed by atoms with Crippen molar-refractivity contribution in [2.75, 3.05) is 0 Å². The second-order valence-corrected chi connectivity index (χ2v) is 4.13. The maximum atomic E-state index is 11.1. The van der Waals surface area contributed by atoms with E-state index in [4.69, 9.17) is 0 Å². The van der Waals surface area contributed by atoms with Gasteiger partial charge >= 0.3 is 0 Å². The number of aldehydes is 1. The lowest BCUT2D eigenvalue weighted by Gasteiger charge is -2.02. The summed E-state index contributed by atoms with van der Waals surface area (Å²) in [7, 11) is 1.91. The third-order valence-corrected chi connectivity index (χ3v) is 2.99. The van der Waals surface area contributed by atoms with Gasteiger partial charge in [-0.05, 0) is 25.5 Å². The Kier molecular flexibility index (Phi) is 2.65. The molecule has 1 aromatic heterocycles. The molecular formula is C14H15NO. The lowest BCUT2D eigenvalue weighted by molar-refractivity contribution is 0.111. The summed E-state index contributed by atoms with van der Waals surface area (Å²) in [5.74, 6) is 0. The molecule has 0 amide bonds. The molecule has 0 bridgehead atoms. The zero-order valence-electron chi connectivity index (χ0n) is 9.82. The Morgan fingerprint density at radius 3 is 2.31 bits per heavy atom. The lowest BCUT2D eigenvalue weighted by atomic mass is 10.0. The molecule has 0 aliphatic carbocycles. The van der Waals surface area contributed by atoms with Crippen LogP contribution in [0.15, 0.2) is 30.3 Å². The Morgan fingerprint density at radius 2 is 1.75 bits per heavy atom. The Balaban J connectivity index is 2.59. The summed E-state index contributed by atoms with van der Waals surface area (Å²) in [5, 5.41) is 0. The number of nitrogens with zero attached hydrogens (tertiary/aromatic N) is 1. The van der Waals surface area contributed by atoms with E-state index in [2.05, 4.69) is 37.3 Å². The van der Waals surface area contributed by atoms with Crippen molar-refractivity contribution in [1.82, 2.24) is 4.57 Å². The lowest BCUT2D eigenvalue weighted by Crippen LogP contribution is -1.97. The fourth-order valence-corrected chi connectivity index (χ4v) is 1.86. The van der Waals surface area contributed by atoms with Crippen molar-refractivity contribution in [2.45, 2.75) is 13.8 Å². The van der Waals surface area contributed by atoms with Gasteiger partial charge in [0.2, 0.25) is 0 Å². The van der Waals surface area contributed by atoms with E-state index in [1.807, 2.05) is 18.5 Å². The molecule has 0 unspecified atom stereocenters. The molecule has 0 fully saturated rings. The van der Waals surface area contributed by atoms with Gasteiger partial charge in [-0.2, -0.15) is 0 Å². The molecule has 0 saturated carbocycles. The van der Waals surface area contributed by atoms with Crippen LogP contribution in [0.25, 0.3) is 11.1 Å². The van der Waals surface area contributed by atoms with Crippen LogP contribution < -0.4 is 0 Å². The van der Waals surface area contributed by atoms with Crippen molar-refractivity contribution >= 4 is 6.29 Å². The van der Waals surface area contributed by atoms with Crippen LogP contribution in [-0.2, 0) is 7.05 Å². The van der Waals surface area contributed by atoms with Crippen LogP contribution in [0.3, 0.4) is 0 Å². The first kappa shape index (κ1) is 10.7. The highest BCUT2D eigenvalue weighted by atomic mass is 16.1. The van der Waals surface area contributed by atoms with Gasteiger partial charge in [-0.25, -0.2) is 0 Å². The second-order valence-electron chi connectivity index (χ2n) is 4.13. The number of carbonyl (C=O) groups excluding carboxylic acids is 1. The summed E-state index contributed by atoms with van der Waals surface area (Å²) in [6.07, 6.45) is 0.919. The van der Waals surface area contributed by atoms with Gasteiger partial charge in [-0.1, -0.05) is 29.8 Å². The highest BCUT2D eigenvalue weighted by Gasteiger charge is 2.10. The van der Waals surface area contributed by atoms with E-state index in [9.17, 15) is 4.79 Å². The van der Waals surface area contributed by atoms with Gasteiger partial charge in [0, 0.05) is 18.3 Å². The molecule has 2 nitrogen and oxygen atoms in total. The molecule has 82 valence electrons. The zero-order valence-corrected chi connectivity index (χ0v) is 9.82. The number of hydrogen-bond acceptors (Lipinski definition) is 1. The molecule has 1 aromatic carbocycles. The molecular weight excluding hydrogens is 198 g/mol. The van der Waals surface area contributed by atoms with E-state index in [1.54, 1.807) is 0 Å². The number of hydrogen-bond donors (Lipinski definition) is 0. The third kappa shape index (κ3) is 1.67. The number of aryl methyl sites for hydroxylation is 2. The molecule has 16 heavy (non-hydrogen) atoms. The van der Waals surface area contributed by atoms with E-state index in [-0.39, 0.29) is 0 Å². The maximum absolute atomic E-state index is 11.1. The van der Waals surface area contributed by atoms with Gasteiger partial charge in [-0.15, -0.1) is 0 Å². The SMILES string of the molecule is Cc1ccc(-c2cc(C)n(C)c2C=O)cc1. The van der Waals surface area contributed by atoms with Gasteiger partial charge in [0.15, 0.2) is 6.29 Å². The molecule has 2 heteroatoms. The molecule has 0 radical (unpaired) electrons. The number of benzene rings is 1. The Bertz CT molecular complexity index is 520. The third-order valence-electron chi connectivity index (χ3n) is 2.99. The number of rotatable bonds is 2. The quantitative estimate of drug-likeness (QED) is 0.702. The van der Waals surface area contributed by atoms with E-state index in [0.29, 0.717) is 0 Å². The van der Waals surface area contributed by atoms with Gasteiger partial charge in [-0.3, -0.25) is 4.79 Å². The minimum Gasteiger partial charge on any atom is -0.345 e. The van der Waals surface area contributed by atoms with Gasteiger partial charge in [0.25, 0.3) is 0 Å². The summed E-state index contributed by atoms with van der Waals surface area (Å²) < 4.78 is 1.92. The maximum Gasteiger partial charge on any atom is 0.167 e. The van der Waals surface area contributed by atoms with Crippen LogP contribution in [0.5, 0.6) is 0 Å². The molecule has 0 saturated heterocycles. The number of carbonyl (C=O) groups is 1. The van der Waals surface area contributed by atoms with Crippen LogP contribution in [0.1, 0.15) is 21.7 Å². The Morgan fingerprint density at radius 1 is 1.12 bits per heavy atom. The average Bonchev–Trinajstić information content (AvgIpc) is 2.56. The zero-order chi connectivity index (χ0) is 11.7. The van der Waals surface area contributed by atoms with Gasteiger partial charge < -0.3 is 4.57 Å². The summed E-state index contributed by atoms with van der Waals surface area (Å²) >= 11 is 0. The van der Waals surface area contributed by atoms with Gasteiger partial charge in [0.1, 0.15) is 0 Å². The Labute approximate surface area is 95.5 Å². The fourth-order valence-electron chi connectivity index (χ4n) is 1.86. The molecule has 2 aromatic rings. The van der Waals surface area contributed by atoms with Crippen molar-refractivity contribution in [1.29, 1.82) is 0 Å². The molecule has 1 heterocycles. The molecule has 0 spiro atoms. The van der Waals surface area contributed by atoms with Crippen molar-refractivity contribution in [3.8, 4) is 11.1 Å². The monoisotopic (exact) mass is 213 g/mol. The Hall–Kier alpha value is -1.83. The molecule has 0 aliphatic rings. The van der Waals surface area contributed by atoms with Crippen LogP contribution in [-0.4, -0.2) is 10.9 Å². The van der Waals surface area contributed by atoms with Crippen molar-refractivity contribution in [3.05, 3.63) is 47.3 Å². The first-order valence-corrected chi connectivity index (χ1v) is 5.32. The minimum absolute atomic E-state index is 0.737. The predicted molar refractivity (Wildman–Crippen MR) is 65.7 cm³/mol. The minimum atomic E-state index is 0.737. The van der Waals surface area contributed by atoms with Crippen LogP contribution >= 0.6 is 0 Å². The summed E-state index contributed by atoms with van der Waals surface area (Å²) in [6.45, 7) is 4.06. The topological polar surface area (TPSA) is 22.0 Å². The van der Waals surface area contributed by atoms with Crippen LogP contribution in [0.2, 0.25) is 0 Å². The molecule has 2 rings (SSSR count). The van der Waals surface area contributed by atoms with Crippen molar-refractivity contribution in [3.63, 3.8) is 0 Å². The first-order valence-electron chi connectivity index (χ1n) is 5.32. The summed E-state index contributed by atoms with van der Waals surface area (Å²) in [5.41, 5.74) is 5.16. The van der Waals surface area contributed by atoms with E-state index in [0.717, 1.165) is 28.8 Å². The largest absolute Gasteiger partial charge is 0.345 e. The van der Waals surface area contributed by atoms with E-state index < -0.39 is 0 Å². The highest BCUT2D eigenvalue weighted by molar-refractivity contribution is 5.86. The predicted octanol–water partition coefficient (Wildman–Crippen LogP) is 3.12. The average molecular weight is 213 g/mol. The van der Waals surface area contributed by atoms with Crippen molar-refractivity contribution in [2.24, 2.45) is 7.05 Å². The first-order chi connectivity index (χ1) is 7.63. The molecule has 0 atom stereocenters. The van der Waals surface area contributed by atoms with Crippen molar-refractivity contribution < 1.29 is 4.79 Å². The van der Waals surface area contributed by atoms with Crippen LogP contribution in [0, 0.1) is 13.8 Å². The normalized spacial score (nSPS) is 10.4. The second kappa shape index (κ2) is 3.97. The fraction of sp³-hybridized carbons (Fsp3) is 0.214. The highest BCUT2D eigenvalue weighted by Crippen LogP contribution is 2.25. The molecule has 0 N–H and O–H groups in total. The standard InChI is InChI=1S/C14H15NO/c1-10-4-6-12(7-5-10)13-8-11(2)15(3)14(13)9-16/h4-9H,1-3H3. The van der Waals surface area contributed by atoms with Crippen LogP contribution in [0.4, 0.5) is 0 Å². The van der Waals surface area contributed by atoms with Gasteiger partial charge in [0.05, 0.1) is 5.69 Å². The van der Waals surface area contributed by atoms with E-state index >= 15 is 0 Å². The summed E-state index contributed by atoms with van der Waals surface area (Å²) in [6, 6.07) is 10.3. The smallest absolute Gasteiger partial charge is 0.167 e. The molecule has 0 aliphatic heterocycles. The number of aromatic nitrogens is 1.